The van der Waals surface area contributed by atoms with Gasteiger partial charge in [0.1, 0.15) is 6.07 Å². The molecule has 0 fully saturated rings. The number of urea groups is 1. The molecule has 0 unspecified atom stereocenters. The third kappa shape index (κ3) is 3.79. The summed E-state index contributed by atoms with van der Waals surface area (Å²) < 4.78 is 0. The van der Waals surface area contributed by atoms with Gasteiger partial charge in [-0.2, -0.15) is 5.26 Å². The highest BCUT2D eigenvalue weighted by Gasteiger charge is 2.04. The SMILES string of the molecule is N#Cc1ccccc1NC(=O)NCCCCl. The number of rotatable bonds is 4. The van der Waals surface area contributed by atoms with E-state index in [-0.39, 0.29) is 6.03 Å². The summed E-state index contributed by atoms with van der Waals surface area (Å²) >= 11 is 5.48. The molecule has 0 spiro atoms. The second-order valence-corrected chi connectivity index (χ2v) is 3.46. The largest absolute Gasteiger partial charge is 0.338 e. The molecule has 2 N–H and O–H groups in total. The van der Waals surface area contributed by atoms with Crippen LogP contribution in [-0.4, -0.2) is 18.5 Å². The van der Waals surface area contributed by atoms with E-state index in [1.807, 2.05) is 6.07 Å². The summed E-state index contributed by atoms with van der Waals surface area (Å²) in [5, 5.41) is 14.1. The van der Waals surface area contributed by atoms with Crippen LogP contribution in [0.15, 0.2) is 24.3 Å². The Hall–Kier alpha value is -1.73. The molecule has 1 rings (SSSR count). The minimum Gasteiger partial charge on any atom is -0.338 e. The van der Waals surface area contributed by atoms with Gasteiger partial charge in [0.25, 0.3) is 0 Å². The molecule has 0 aliphatic carbocycles. The van der Waals surface area contributed by atoms with Gasteiger partial charge in [-0.05, 0) is 18.6 Å². The first-order chi connectivity index (χ1) is 7.77. The number of hydrogen-bond acceptors (Lipinski definition) is 2. The van der Waals surface area contributed by atoms with Crippen LogP contribution in [0.25, 0.3) is 0 Å². The molecular weight excluding hydrogens is 226 g/mol. The predicted molar refractivity (Wildman–Crippen MR) is 63.5 cm³/mol. The molecule has 0 aliphatic rings. The normalized spacial score (nSPS) is 9.25. The molecular formula is C11H12ClN3O. The summed E-state index contributed by atoms with van der Waals surface area (Å²) in [6.45, 7) is 0.518. The number of amides is 2. The molecule has 16 heavy (non-hydrogen) atoms. The summed E-state index contributed by atoms with van der Waals surface area (Å²) in [6, 6.07) is 8.51. The lowest BCUT2D eigenvalue weighted by Gasteiger charge is -2.07. The van der Waals surface area contributed by atoms with E-state index in [1.165, 1.54) is 0 Å². The Balaban J connectivity index is 2.53. The van der Waals surface area contributed by atoms with Crippen molar-refractivity contribution in [1.29, 1.82) is 5.26 Å². The number of carbonyl (C=O) groups is 1. The maximum absolute atomic E-state index is 11.4. The number of anilines is 1. The van der Waals surface area contributed by atoms with Crippen LogP contribution < -0.4 is 10.6 Å². The number of para-hydroxylation sites is 1. The summed E-state index contributed by atoms with van der Waals surface area (Å²) in [5.74, 6) is 0.509. The molecule has 0 heterocycles. The molecule has 0 saturated carbocycles. The van der Waals surface area contributed by atoms with E-state index in [4.69, 9.17) is 16.9 Å². The van der Waals surface area contributed by atoms with Gasteiger partial charge in [0, 0.05) is 12.4 Å². The van der Waals surface area contributed by atoms with Crippen molar-refractivity contribution in [2.45, 2.75) is 6.42 Å². The van der Waals surface area contributed by atoms with Gasteiger partial charge in [-0.25, -0.2) is 4.79 Å². The monoisotopic (exact) mass is 237 g/mol. The molecule has 0 atom stereocenters. The fourth-order valence-electron chi connectivity index (χ4n) is 1.12. The lowest BCUT2D eigenvalue weighted by atomic mass is 10.2. The van der Waals surface area contributed by atoms with E-state index in [2.05, 4.69) is 10.6 Å². The topological polar surface area (TPSA) is 64.9 Å². The minimum absolute atomic E-state index is 0.326. The maximum atomic E-state index is 11.4. The molecule has 2 amide bonds. The fraction of sp³-hybridized carbons (Fsp3) is 0.273. The summed E-state index contributed by atoms with van der Waals surface area (Å²) in [4.78, 5) is 11.4. The molecule has 0 radical (unpaired) electrons. The van der Waals surface area contributed by atoms with E-state index in [1.54, 1.807) is 24.3 Å². The van der Waals surface area contributed by atoms with Gasteiger partial charge >= 0.3 is 6.03 Å². The van der Waals surface area contributed by atoms with Crippen molar-refractivity contribution in [1.82, 2.24) is 5.32 Å². The van der Waals surface area contributed by atoms with Crippen LogP contribution in [0.1, 0.15) is 12.0 Å². The van der Waals surface area contributed by atoms with E-state index in [9.17, 15) is 4.79 Å². The summed E-state index contributed by atoms with van der Waals surface area (Å²) in [6.07, 6.45) is 0.717. The van der Waals surface area contributed by atoms with Crippen molar-refractivity contribution in [2.24, 2.45) is 0 Å². The van der Waals surface area contributed by atoms with Crippen molar-refractivity contribution < 1.29 is 4.79 Å². The molecule has 4 nitrogen and oxygen atoms in total. The van der Waals surface area contributed by atoms with Crippen molar-refractivity contribution in [3.05, 3.63) is 29.8 Å². The third-order valence-electron chi connectivity index (χ3n) is 1.89. The molecule has 1 aromatic carbocycles. The van der Waals surface area contributed by atoms with Gasteiger partial charge < -0.3 is 10.6 Å². The lowest BCUT2D eigenvalue weighted by Crippen LogP contribution is -2.29. The Bertz CT molecular complexity index is 400. The van der Waals surface area contributed by atoms with Crippen LogP contribution in [-0.2, 0) is 0 Å². The highest BCUT2D eigenvalue weighted by atomic mass is 35.5. The first-order valence-corrected chi connectivity index (χ1v) is 5.41. The van der Waals surface area contributed by atoms with Crippen molar-refractivity contribution >= 4 is 23.3 Å². The zero-order chi connectivity index (χ0) is 11.8. The van der Waals surface area contributed by atoms with Crippen LogP contribution in [0.2, 0.25) is 0 Å². The first kappa shape index (κ1) is 12.3. The van der Waals surface area contributed by atoms with E-state index in [0.29, 0.717) is 23.7 Å². The summed E-state index contributed by atoms with van der Waals surface area (Å²) in [5.41, 5.74) is 0.948. The maximum Gasteiger partial charge on any atom is 0.319 e. The van der Waals surface area contributed by atoms with Crippen molar-refractivity contribution in [3.63, 3.8) is 0 Å². The Kier molecular flexibility index (Phi) is 5.17. The number of nitrogens with one attached hydrogen (secondary N) is 2. The molecule has 0 saturated heterocycles. The number of halogens is 1. The Labute approximate surface area is 99.2 Å². The first-order valence-electron chi connectivity index (χ1n) is 4.88. The highest BCUT2D eigenvalue weighted by molar-refractivity contribution is 6.17. The highest BCUT2D eigenvalue weighted by Crippen LogP contribution is 2.12. The number of nitrogens with zero attached hydrogens (tertiary/aromatic N) is 1. The minimum atomic E-state index is -0.326. The van der Waals surface area contributed by atoms with Gasteiger partial charge in [0.05, 0.1) is 11.3 Å². The van der Waals surface area contributed by atoms with Crippen LogP contribution in [0, 0.1) is 11.3 Å². The van der Waals surface area contributed by atoms with Gasteiger partial charge in [0.15, 0.2) is 0 Å². The molecule has 1 aromatic rings. The van der Waals surface area contributed by atoms with E-state index < -0.39 is 0 Å². The average molecular weight is 238 g/mol. The van der Waals surface area contributed by atoms with Gasteiger partial charge in [0.2, 0.25) is 0 Å². The lowest BCUT2D eigenvalue weighted by molar-refractivity contribution is 0.252. The van der Waals surface area contributed by atoms with Crippen molar-refractivity contribution in [2.75, 3.05) is 17.7 Å². The van der Waals surface area contributed by atoms with E-state index >= 15 is 0 Å². The Morgan fingerprint density at radius 1 is 1.44 bits per heavy atom. The van der Waals surface area contributed by atoms with Crippen molar-refractivity contribution in [3.8, 4) is 6.07 Å². The number of carbonyl (C=O) groups excluding carboxylic acids is 1. The molecule has 0 bridgehead atoms. The molecule has 84 valence electrons. The van der Waals surface area contributed by atoms with Crippen LogP contribution in [0.4, 0.5) is 10.5 Å². The van der Waals surface area contributed by atoms with Gasteiger partial charge in [-0.3, -0.25) is 0 Å². The molecule has 0 aliphatic heterocycles. The number of alkyl halides is 1. The predicted octanol–water partition coefficient (Wildman–Crippen LogP) is 2.31. The standard InChI is InChI=1S/C11H12ClN3O/c12-6-3-7-14-11(16)15-10-5-2-1-4-9(10)8-13/h1-2,4-5H,3,6-7H2,(H2,14,15,16). The molecule has 0 aromatic heterocycles. The van der Waals surface area contributed by atoms with Crippen LogP contribution >= 0.6 is 11.6 Å². The zero-order valence-electron chi connectivity index (χ0n) is 8.66. The Morgan fingerprint density at radius 2 is 2.19 bits per heavy atom. The molecule has 5 heteroatoms. The second-order valence-electron chi connectivity index (χ2n) is 3.08. The van der Waals surface area contributed by atoms with Crippen LogP contribution in [0.5, 0.6) is 0 Å². The van der Waals surface area contributed by atoms with Gasteiger partial charge in [-0.15, -0.1) is 11.6 Å². The van der Waals surface area contributed by atoms with Gasteiger partial charge in [-0.1, -0.05) is 12.1 Å². The fourth-order valence-corrected chi connectivity index (χ4v) is 1.26. The Morgan fingerprint density at radius 3 is 2.88 bits per heavy atom. The number of nitriles is 1. The third-order valence-corrected chi connectivity index (χ3v) is 2.16. The number of benzene rings is 1. The summed E-state index contributed by atoms with van der Waals surface area (Å²) in [7, 11) is 0. The quantitative estimate of drug-likeness (QED) is 0.623. The average Bonchev–Trinajstić information content (AvgIpc) is 2.30. The van der Waals surface area contributed by atoms with E-state index in [0.717, 1.165) is 6.42 Å². The second kappa shape index (κ2) is 6.70. The smallest absolute Gasteiger partial charge is 0.319 e. The zero-order valence-corrected chi connectivity index (χ0v) is 9.42. The number of hydrogen-bond donors (Lipinski definition) is 2. The van der Waals surface area contributed by atoms with Crippen LogP contribution in [0.3, 0.4) is 0 Å².